The second-order valence-electron chi connectivity index (χ2n) is 7.59. The molecule has 0 atom stereocenters. The summed E-state index contributed by atoms with van der Waals surface area (Å²) < 4.78 is 14.9. The summed E-state index contributed by atoms with van der Waals surface area (Å²) in [7, 11) is 0. The van der Waals surface area contributed by atoms with Crippen molar-refractivity contribution in [2.45, 2.75) is 11.7 Å². The Hall–Kier alpha value is -3.78. The lowest BCUT2D eigenvalue weighted by Gasteiger charge is -2.16. The van der Waals surface area contributed by atoms with Crippen LogP contribution in [-0.4, -0.2) is 38.6 Å². The molecule has 6 nitrogen and oxygen atoms in total. The SMILES string of the molecule is O=C1c2ccccc2C(=O)N1CCSc1nc2ccccc2c(=O)n1Cc1ccc(F)cc1. The molecule has 0 saturated heterocycles. The quantitative estimate of drug-likeness (QED) is 0.248. The molecule has 2 amide bonds. The van der Waals surface area contributed by atoms with Crippen molar-refractivity contribution < 1.29 is 14.0 Å². The fraction of sp³-hybridized carbons (Fsp3) is 0.120. The number of thioether (sulfide) groups is 1. The molecule has 0 aliphatic carbocycles. The van der Waals surface area contributed by atoms with Crippen LogP contribution >= 0.6 is 11.8 Å². The van der Waals surface area contributed by atoms with Crippen molar-refractivity contribution in [2.75, 3.05) is 12.3 Å². The van der Waals surface area contributed by atoms with Crippen LogP contribution in [0.2, 0.25) is 0 Å². The lowest BCUT2D eigenvalue weighted by atomic mass is 10.1. The van der Waals surface area contributed by atoms with Gasteiger partial charge in [-0.15, -0.1) is 0 Å². The monoisotopic (exact) mass is 459 g/mol. The van der Waals surface area contributed by atoms with Crippen LogP contribution in [0.3, 0.4) is 0 Å². The van der Waals surface area contributed by atoms with Gasteiger partial charge in [0, 0.05) is 12.3 Å². The van der Waals surface area contributed by atoms with Gasteiger partial charge in [0.25, 0.3) is 17.4 Å². The summed E-state index contributed by atoms with van der Waals surface area (Å²) in [6, 6.07) is 19.8. The zero-order chi connectivity index (χ0) is 22.9. The molecule has 3 aromatic carbocycles. The predicted molar refractivity (Wildman–Crippen MR) is 124 cm³/mol. The van der Waals surface area contributed by atoms with E-state index in [-0.39, 0.29) is 36.3 Å². The molecule has 2 heterocycles. The minimum atomic E-state index is -0.349. The Labute approximate surface area is 192 Å². The lowest BCUT2D eigenvalue weighted by Crippen LogP contribution is -2.32. The standard InChI is InChI=1S/C25H18FN3O3S/c26-17-11-9-16(10-12-17)15-29-24(32)20-7-3-4-8-21(20)27-25(29)33-14-13-28-22(30)18-5-1-2-6-19(18)23(28)31/h1-12H,13-15H2. The van der Waals surface area contributed by atoms with Crippen molar-refractivity contribution in [3.05, 3.63) is 106 Å². The third kappa shape index (κ3) is 3.93. The molecule has 1 aliphatic rings. The first-order valence-corrected chi connectivity index (χ1v) is 11.3. The number of aromatic nitrogens is 2. The smallest absolute Gasteiger partial charge is 0.262 e. The van der Waals surface area contributed by atoms with E-state index < -0.39 is 0 Å². The van der Waals surface area contributed by atoms with Gasteiger partial charge >= 0.3 is 0 Å². The van der Waals surface area contributed by atoms with Gasteiger partial charge in [0.05, 0.1) is 28.6 Å². The first-order chi connectivity index (χ1) is 16.0. The maximum Gasteiger partial charge on any atom is 0.262 e. The van der Waals surface area contributed by atoms with Crippen molar-refractivity contribution >= 4 is 34.5 Å². The zero-order valence-electron chi connectivity index (χ0n) is 17.4. The van der Waals surface area contributed by atoms with Gasteiger partial charge in [0.1, 0.15) is 5.82 Å². The fourth-order valence-corrected chi connectivity index (χ4v) is 4.76. The molecule has 0 spiro atoms. The van der Waals surface area contributed by atoms with Crippen LogP contribution in [0.5, 0.6) is 0 Å². The summed E-state index contributed by atoms with van der Waals surface area (Å²) in [4.78, 5) is 44.3. The van der Waals surface area contributed by atoms with Crippen molar-refractivity contribution in [3.8, 4) is 0 Å². The molecular formula is C25H18FN3O3S. The number of imide groups is 1. The normalized spacial score (nSPS) is 13.1. The van der Waals surface area contributed by atoms with Crippen LogP contribution in [0, 0.1) is 5.82 Å². The topological polar surface area (TPSA) is 72.3 Å². The maximum absolute atomic E-state index is 13.3. The van der Waals surface area contributed by atoms with Gasteiger partial charge < -0.3 is 0 Å². The highest BCUT2D eigenvalue weighted by molar-refractivity contribution is 7.99. The highest BCUT2D eigenvalue weighted by Gasteiger charge is 2.34. The van der Waals surface area contributed by atoms with Gasteiger partial charge in [-0.25, -0.2) is 9.37 Å². The van der Waals surface area contributed by atoms with Crippen LogP contribution in [0.15, 0.2) is 82.7 Å². The molecule has 0 bridgehead atoms. The number of fused-ring (bicyclic) bond motifs is 2. The molecular weight excluding hydrogens is 441 g/mol. The highest BCUT2D eigenvalue weighted by Crippen LogP contribution is 2.24. The molecule has 0 radical (unpaired) electrons. The number of nitrogens with zero attached hydrogens (tertiary/aromatic N) is 3. The van der Waals surface area contributed by atoms with E-state index >= 15 is 0 Å². The van der Waals surface area contributed by atoms with Crippen LogP contribution in [0.25, 0.3) is 10.9 Å². The number of carbonyl (C=O) groups is 2. The third-order valence-electron chi connectivity index (χ3n) is 5.50. The number of hydrogen-bond acceptors (Lipinski definition) is 5. The van der Waals surface area contributed by atoms with Gasteiger partial charge in [0.15, 0.2) is 5.16 Å². The molecule has 33 heavy (non-hydrogen) atoms. The Bertz CT molecular complexity index is 1410. The van der Waals surface area contributed by atoms with E-state index in [1.165, 1.54) is 28.8 Å². The van der Waals surface area contributed by atoms with Crippen LogP contribution < -0.4 is 5.56 Å². The Balaban J connectivity index is 1.41. The van der Waals surface area contributed by atoms with E-state index in [1.807, 2.05) is 6.07 Å². The first kappa shape index (κ1) is 21.1. The molecule has 0 unspecified atom stereocenters. The van der Waals surface area contributed by atoms with E-state index in [0.717, 1.165) is 5.56 Å². The van der Waals surface area contributed by atoms with Gasteiger partial charge in [-0.2, -0.15) is 0 Å². The lowest BCUT2D eigenvalue weighted by molar-refractivity contribution is 0.0664. The van der Waals surface area contributed by atoms with E-state index in [9.17, 15) is 18.8 Å². The van der Waals surface area contributed by atoms with E-state index in [2.05, 4.69) is 4.98 Å². The minimum absolute atomic E-state index is 0.191. The highest BCUT2D eigenvalue weighted by atomic mass is 32.2. The number of benzene rings is 3. The number of halogens is 1. The summed E-state index contributed by atoms with van der Waals surface area (Å²) in [6.07, 6.45) is 0. The zero-order valence-corrected chi connectivity index (χ0v) is 18.2. The summed E-state index contributed by atoms with van der Waals surface area (Å²) in [5.41, 5.74) is 1.95. The molecule has 4 aromatic rings. The molecule has 1 aliphatic heterocycles. The summed E-state index contributed by atoms with van der Waals surface area (Å²) in [5.74, 6) is -0.601. The second-order valence-corrected chi connectivity index (χ2v) is 8.65. The molecule has 164 valence electrons. The van der Waals surface area contributed by atoms with Crippen molar-refractivity contribution in [1.29, 1.82) is 0 Å². The summed E-state index contributed by atoms with van der Waals surface area (Å²) in [6.45, 7) is 0.419. The number of amides is 2. The molecule has 0 saturated carbocycles. The Morgan fingerprint density at radius 1 is 0.818 bits per heavy atom. The number of rotatable bonds is 6. The Morgan fingerprint density at radius 3 is 2.15 bits per heavy atom. The average molecular weight is 460 g/mol. The Morgan fingerprint density at radius 2 is 1.45 bits per heavy atom. The maximum atomic E-state index is 13.3. The second kappa shape index (κ2) is 8.63. The van der Waals surface area contributed by atoms with Gasteiger partial charge in [0.2, 0.25) is 0 Å². The van der Waals surface area contributed by atoms with Gasteiger partial charge in [-0.1, -0.05) is 48.2 Å². The van der Waals surface area contributed by atoms with Crippen molar-refractivity contribution in [3.63, 3.8) is 0 Å². The third-order valence-corrected chi connectivity index (χ3v) is 6.46. The molecule has 1 aromatic heterocycles. The van der Waals surface area contributed by atoms with Crippen molar-refractivity contribution in [1.82, 2.24) is 14.5 Å². The van der Waals surface area contributed by atoms with Gasteiger partial charge in [-0.05, 0) is 42.0 Å². The van der Waals surface area contributed by atoms with Crippen LogP contribution in [0.1, 0.15) is 26.3 Å². The van der Waals surface area contributed by atoms with E-state index in [1.54, 1.807) is 59.2 Å². The summed E-state index contributed by atoms with van der Waals surface area (Å²) in [5, 5.41) is 0.962. The Kier molecular flexibility index (Phi) is 5.51. The molecule has 8 heteroatoms. The predicted octanol–water partition coefficient (Wildman–Crippen LogP) is 3.97. The average Bonchev–Trinajstić information content (AvgIpc) is 3.08. The van der Waals surface area contributed by atoms with Gasteiger partial charge in [-0.3, -0.25) is 23.9 Å². The summed E-state index contributed by atoms with van der Waals surface area (Å²) >= 11 is 1.30. The van der Waals surface area contributed by atoms with Crippen LogP contribution in [-0.2, 0) is 6.54 Å². The van der Waals surface area contributed by atoms with Crippen molar-refractivity contribution in [2.24, 2.45) is 0 Å². The minimum Gasteiger partial charge on any atom is -0.283 e. The fourth-order valence-electron chi connectivity index (χ4n) is 3.84. The first-order valence-electron chi connectivity index (χ1n) is 10.3. The van der Waals surface area contributed by atoms with Crippen LogP contribution in [0.4, 0.5) is 4.39 Å². The molecule has 0 fully saturated rings. The number of hydrogen-bond donors (Lipinski definition) is 0. The van der Waals surface area contributed by atoms with E-state index in [4.69, 9.17) is 0 Å². The molecule has 0 N–H and O–H groups in total. The number of para-hydroxylation sites is 1. The molecule has 5 rings (SSSR count). The largest absolute Gasteiger partial charge is 0.283 e. The van der Waals surface area contributed by atoms with E-state index in [0.29, 0.717) is 32.9 Å². The number of carbonyl (C=O) groups excluding carboxylic acids is 2.